The Morgan fingerprint density at radius 2 is 1.83 bits per heavy atom. The molecular formula is C15H28N2O+2. The van der Waals surface area contributed by atoms with Crippen LogP contribution in [0.5, 0.6) is 0 Å². The molecule has 0 aromatic rings. The maximum absolute atomic E-state index is 5.42. The zero-order chi connectivity index (χ0) is 13.1. The molecular weight excluding hydrogens is 224 g/mol. The van der Waals surface area contributed by atoms with Crippen LogP contribution in [0.3, 0.4) is 0 Å². The van der Waals surface area contributed by atoms with Crippen LogP contribution in [-0.2, 0) is 4.74 Å². The standard InChI is InChI=1S/C15H28N2O/c1-16(2)8-4-6-15(14-16)7-5-9-17(3)10-12-18-13-11-17/h15H,4,6,8-14H2,1-3H3/q+2/t15-/m1/s1. The third-order valence-electron chi connectivity index (χ3n) is 4.35. The summed E-state index contributed by atoms with van der Waals surface area (Å²) in [6, 6.07) is 0. The lowest BCUT2D eigenvalue weighted by Crippen LogP contribution is -2.52. The van der Waals surface area contributed by atoms with Crippen LogP contribution in [0.25, 0.3) is 0 Å². The summed E-state index contributed by atoms with van der Waals surface area (Å²) in [6.07, 6.45) is 2.62. The van der Waals surface area contributed by atoms with E-state index >= 15 is 0 Å². The molecule has 102 valence electrons. The van der Waals surface area contributed by atoms with Gasteiger partial charge in [-0.2, -0.15) is 0 Å². The third-order valence-corrected chi connectivity index (χ3v) is 4.35. The van der Waals surface area contributed by atoms with Crippen LogP contribution in [0.1, 0.15) is 12.8 Å². The van der Waals surface area contributed by atoms with E-state index in [2.05, 4.69) is 33.0 Å². The first-order chi connectivity index (χ1) is 8.49. The van der Waals surface area contributed by atoms with E-state index in [1.54, 1.807) is 0 Å². The topological polar surface area (TPSA) is 9.23 Å². The number of ether oxygens (including phenoxy) is 1. The minimum atomic E-state index is 0.612. The van der Waals surface area contributed by atoms with Crippen molar-refractivity contribution >= 4 is 0 Å². The van der Waals surface area contributed by atoms with E-state index in [-0.39, 0.29) is 0 Å². The summed E-state index contributed by atoms with van der Waals surface area (Å²) in [5.41, 5.74) is 0. The molecule has 2 heterocycles. The lowest BCUT2D eigenvalue weighted by Gasteiger charge is -2.37. The lowest BCUT2D eigenvalue weighted by atomic mass is 9.97. The van der Waals surface area contributed by atoms with Gasteiger partial charge in [-0.15, -0.1) is 0 Å². The Morgan fingerprint density at radius 1 is 1.11 bits per heavy atom. The fourth-order valence-corrected chi connectivity index (χ4v) is 2.99. The Morgan fingerprint density at radius 3 is 2.50 bits per heavy atom. The molecule has 3 nitrogen and oxygen atoms in total. The number of nitrogens with zero attached hydrogens (tertiary/aromatic N) is 2. The van der Waals surface area contributed by atoms with Gasteiger partial charge in [0.25, 0.3) is 0 Å². The SMILES string of the molecule is C[N+]1(C)CCC[C@H](C#CC[N+]2(C)CCOCC2)C1. The number of likely N-dealkylation sites (tertiary alicyclic amines) is 1. The minimum Gasteiger partial charge on any atom is -0.370 e. The Kier molecular flexibility index (Phi) is 4.32. The molecule has 0 amide bonds. The summed E-state index contributed by atoms with van der Waals surface area (Å²) in [4.78, 5) is 0. The second-order valence-corrected chi connectivity index (χ2v) is 6.84. The van der Waals surface area contributed by atoms with E-state index < -0.39 is 0 Å². The number of piperidine rings is 1. The summed E-state index contributed by atoms with van der Waals surface area (Å²) in [7, 11) is 6.95. The molecule has 2 aliphatic rings. The van der Waals surface area contributed by atoms with Gasteiger partial charge in [-0.1, -0.05) is 5.92 Å². The molecule has 3 heteroatoms. The van der Waals surface area contributed by atoms with Gasteiger partial charge in [0.2, 0.25) is 0 Å². The Balaban J connectivity index is 1.84. The van der Waals surface area contributed by atoms with Gasteiger partial charge in [-0.25, -0.2) is 0 Å². The zero-order valence-corrected chi connectivity index (χ0v) is 12.2. The summed E-state index contributed by atoms with van der Waals surface area (Å²) in [5.74, 6) is 7.60. The normalized spacial score (nSPS) is 30.3. The van der Waals surface area contributed by atoms with Crippen LogP contribution in [0.4, 0.5) is 0 Å². The molecule has 0 N–H and O–H groups in total. The summed E-state index contributed by atoms with van der Waals surface area (Å²) in [6.45, 7) is 7.54. The van der Waals surface area contributed by atoms with Crippen LogP contribution in [-0.4, -0.2) is 76.0 Å². The lowest BCUT2D eigenvalue weighted by molar-refractivity contribution is -0.910. The first kappa shape index (κ1) is 13.9. The molecule has 0 aliphatic carbocycles. The number of quaternary nitrogens is 2. The molecule has 0 radical (unpaired) electrons. The first-order valence-corrected chi connectivity index (χ1v) is 7.21. The van der Waals surface area contributed by atoms with Crippen molar-refractivity contribution in [3.8, 4) is 11.8 Å². The van der Waals surface area contributed by atoms with Crippen LogP contribution >= 0.6 is 0 Å². The molecule has 0 bridgehead atoms. The highest BCUT2D eigenvalue weighted by Crippen LogP contribution is 2.19. The highest BCUT2D eigenvalue weighted by atomic mass is 16.5. The molecule has 0 aromatic carbocycles. The van der Waals surface area contributed by atoms with Crippen molar-refractivity contribution in [3.05, 3.63) is 0 Å². The molecule has 0 spiro atoms. The molecule has 2 aliphatic heterocycles. The van der Waals surface area contributed by atoms with E-state index in [1.807, 2.05) is 0 Å². The third kappa shape index (κ3) is 3.98. The molecule has 2 rings (SSSR count). The average molecular weight is 252 g/mol. The molecule has 0 aromatic heterocycles. The summed E-state index contributed by atoms with van der Waals surface area (Å²) in [5, 5.41) is 0. The summed E-state index contributed by atoms with van der Waals surface area (Å²) < 4.78 is 7.63. The molecule has 18 heavy (non-hydrogen) atoms. The number of hydrogen-bond donors (Lipinski definition) is 0. The van der Waals surface area contributed by atoms with Gasteiger partial charge in [0.15, 0.2) is 0 Å². The highest BCUT2D eigenvalue weighted by Gasteiger charge is 2.27. The number of hydrogen-bond acceptors (Lipinski definition) is 1. The van der Waals surface area contributed by atoms with Crippen molar-refractivity contribution in [2.75, 3.05) is 67.1 Å². The van der Waals surface area contributed by atoms with Crippen molar-refractivity contribution < 1.29 is 13.7 Å². The molecule has 2 fully saturated rings. The van der Waals surface area contributed by atoms with Crippen molar-refractivity contribution in [2.45, 2.75) is 12.8 Å². The zero-order valence-electron chi connectivity index (χ0n) is 12.2. The highest BCUT2D eigenvalue weighted by molar-refractivity contribution is 5.04. The number of likely N-dealkylation sites (N-methyl/N-ethyl adjacent to an activating group) is 1. The van der Waals surface area contributed by atoms with E-state index in [4.69, 9.17) is 4.74 Å². The van der Waals surface area contributed by atoms with E-state index in [0.29, 0.717) is 5.92 Å². The maximum atomic E-state index is 5.42. The van der Waals surface area contributed by atoms with Crippen molar-refractivity contribution in [1.82, 2.24) is 0 Å². The van der Waals surface area contributed by atoms with Gasteiger partial charge in [0.05, 0.1) is 53.4 Å². The van der Waals surface area contributed by atoms with Gasteiger partial charge in [0, 0.05) is 0 Å². The van der Waals surface area contributed by atoms with Gasteiger partial charge in [0.1, 0.15) is 19.6 Å². The number of rotatable bonds is 1. The van der Waals surface area contributed by atoms with Gasteiger partial charge in [-0.3, -0.25) is 0 Å². The fraction of sp³-hybridized carbons (Fsp3) is 0.867. The Bertz CT molecular complexity index is 334. The molecule has 2 saturated heterocycles. The van der Waals surface area contributed by atoms with E-state index in [9.17, 15) is 0 Å². The molecule has 0 saturated carbocycles. The molecule has 1 atom stereocenters. The second kappa shape index (κ2) is 5.61. The number of morpholine rings is 1. The van der Waals surface area contributed by atoms with E-state index in [1.165, 1.54) is 25.9 Å². The Labute approximate surface area is 112 Å². The smallest absolute Gasteiger partial charge is 0.140 e. The predicted molar refractivity (Wildman–Crippen MR) is 73.9 cm³/mol. The van der Waals surface area contributed by atoms with Gasteiger partial charge < -0.3 is 13.7 Å². The minimum absolute atomic E-state index is 0.612. The van der Waals surface area contributed by atoms with Crippen LogP contribution in [0, 0.1) is 17.8 Å². The van der Waals surface area contributed by atoms with Gasteiger partial charge in [-0.05, 0) is 18.8 Å². The average Bonchev–Trinajstić information content (AvgIpc) is 2.28. The molecule has 0 unspecified atom stereocenters. The Hall–Kier alpha value is -0.560. The summed E-state index contributed by atoms with van der Waals surface area (Å²) >= 11 is 0. The van der Waals surface area contributed by atoms with Gasteiger partial charge >= 0.3 is 0 Å². The monoisotopic (exact) mass is 252 g/mol. The van der Waals surface area contributed by atoms with Crippen LogP contribution < -0.4 is 0 Å². The fourth-order valence-electron chi connectivity index (χ4n) is 2.99. The predicted octanol–water partition coefficient (Wildman–Crippen LogP) is 0.953. The quantitative estimate of drug-likeness (QED) is 0.499. The van der Waals surface area contributed by atoms with Crippen molar-refractivity contribution in [3.63, 3.8) is 0 Å². The van der Waals surface area contributed by atoms with Crippen LogP contribution in [0.15, 0.2) is 0 Å². The van der Waals surface area contributed by atoms with Crippen molar-refractivity contribution in [2.24, 2.45) is 5.92 Å². The van der Waals surface area contributed by atoms with Crippen LogP contribution in [0.2, 0.25) is 0 Å². The second-order valence-electron chi connectivity index (χ2n) is 6.84. The van der Waals surface area contributed by atoms with E-state index in [0.717, 1.165) is 41.8 Å². The maximum Gasteiger partial charge on any atom is 0.140 e. The van der Waals surface area contributed by atoms with Crippen molar-refractivity contribution in [1.29, 1.82) is 0 Å². The largest absolute Gasteiger partial charge is 0.370 e. The first-order valence-electron chi connectivity index (χ1n) is 7.21.